The van der Waals surface area contributed by atoms with Crippen LogP contribution in [0, 0.1) is 0 Å². The number of nitrogens with two attached hydrogens (primary N) is 1. The van der Waals surface area contributed by atoms with Crippen molar-refractivity contribution in [3.63, 3.8) is 0 Å². The average Bonchev–Trinajstić information content (AvgIpc) is 2.06. The number of rotatable bonds is 3. The van der Waals surface area contributed by atoms with Crippen LogP contribution in [0.15, 0.2) is 30.3 Å². The number of carboxylic acid groups (broad SMARTS) is 1. The molecule has 0 saturated carbocycles. The summed E-state index contributed by atoms with van der Waals surface area (Å²) in [6.07, 6.45) is 0.385. The summed E-state index contributed by atoms with van der Waals surface area (Å²) < 4.78 is 0. The standard InChI is InChI=1S/C9H11NO2.N/c10-8(9(11)12)6-7-4-2-1-3-5-7;/h1-5,8H,6,10H2,(H,11,12);/t8-;/m0./s1. The van der Waals surface area contributed by atoms with Gasteiger partial charge in [0.2, 0.25) is 0 Å². The van der Waals surface area contributed by atoms with E-state index >= 15 is 0 Å². The van der Waals surface area contributed by atoms with E-state index in [1.807, 2.05) is 30.3 Å². The number of benzene rings is 1. The van der Waals surface area contributed by atoms with E-state index < -0.39 is 12.0 Å². The maximum Gasteiger partial charge on any atom is 0.320 e. The summed E-state index contributed by atoms with van der Waals surface area (Å²) in [5.74, 6) is -0.959. The number of aliphatic carboxylic acids is 1. The molecule has 0 saturated heterocycles. The molecular formula is C9H11N2O2. The zero-order valence-corrected chi connectivity index (χ0v) is 7.05. The minimum absolute atomic E-state index is 0. The van der Waals surface area contributed by atoms with E-state index in [1.165, 1.54) is 0 Å². The maximum absolute atomic E-state index is 10.4. The topological polar surface area (TPSA) is 93.8 Å². The minimum Gasteiger partial charge on any atom is -0.480 e. The Kier molecular flexibility index (Phi) is 4.72. The van der Waals surface area contributed by atoms with Gasteiger partial charge in [-0.2, -0.15) is 0 Å². The largest absolute Gasteiger partial charge is 0.480 e. The Bertz CT molecular complexity index is 262. The first-order valence-corrected chi connectivity index (χ1v) is 3.72. The Morgan fingerprint density at radius 1 is 1.38 bits per heavy atom. The van der Waals surface area contributed by atoms with Crippen LogP contribution in [0.4, 0.5) is 0 Å². The summed E-state index contributed by atoms with van der Waals surface area (Å²) in [6, 6.07) is 8.54. The van der Waals surface area contributed by atoms with Gasteiger partial charge in [-0.15, -0.1) is 0 Å². The van der Waals surface area contributed by atoms with E-state index in [4.69, 9.17) is 10.8 Å². The highest BCUT2D eigenvalue weighted by Crippen LogP contribution is 2.01. The molecule has 0 amide bonds. The second kappa shape index (κ2) is 5.29. The number of carbonyl (C=O) groups is 1. The average molecular weight is 179 g/mol. The summed E-state index contributed by atoms with van der Waals surface area (Å²) in [4.78, 5) is 10.4. The third-order valence-electron chi connectivity index (χ3n) is 1.62. The predicted octanol–water partition coefficient (Wildman–Crippen LogP) is 0.160. The fourth-order valence-electron chi connectivity index (χ4n) is 0.955. The highest BCUT2D eigenvalue weighted by molar-refractivity contribution is 5.73. The van der Waals surface area contributed by atoms with Gasteiger partial charge in [0.1, 0.15) is 6.04 Å². The lowest BCUT2D eigenvalue weighted by Gasteiger charge is -2.04. The molecule has 3 radical (unpaired) electrons. The second-order valence-electron chi connectivity index (χ2n) is 2.63. The molecule has 3 N–H and O–H groups in total. The van der Waals surface area contributed by atoms with Crippen LogP contribution in [0.5, 0.6) is 0 Å². The molecule has 0 spiro atoms. The van der Waals surface area contributed by atoms with Crippen LogP contribution < -0.4 is 11.9 Å². The van der Waals surface area contributed by atoms with Crippen LogP contribution in [-0.2, 0) is 11.2 Å². The van der Waals surface area contributed by atoms with Gasteiger partial charge in [0, 0.05) is 6.15 Å². The van der Waals surface area contributed by atoms with Crippen LogP contribution in [0.2, 0.25) is 0 Å². The van der Waals surface area contributed by atoms with Crippen LogP contribution in [0.3, 0.4) is 0 Å². The Morgan fingerprint density at radius 3 is 2.38 bits per heavy atom. The molecule has 0 unspecified atom stereocenters. The van der Waals surface area contributed by atoms with Gasteiger partial charge < -0.3 is 10.8 Å². The lowest BCUT2D eigenvalue weighted by molar-refractivity contribution is -0.138. The number of nitrogens with zero attached hydrogens (tertiary/aromatic N) is 1. The van der Waals surface area contributed by atoms with Gasteiger partial charge in [-0.05, 0) is 12.0 Å². The molecule has 13 heavy (non-hydrogen) atoms. The first-order valence-electron chi connectivity index (χ1n) is 3.72. The van der Waals surface area contributed by atoms with Gasteiger partial charge in [0.25, 0.3) is 0 Å². The van der Waals surface area contributed by atoms with Crippen LogP contribution >= 0.6 is 0 Å². The Morgan fingerprint density at radius 2 is 1.92 bits per heavy atom. The number of carboxylic acids is 1. The van der Waals surface area contributed by atoms with Crippen molar-refractivity contribution in [2.24, 2.45) is 5.73 Å². The summed E-state index contributed by atoms with van der Waals surface area (Å²) in [7, 11) is 0. The highest BCUT2D eigenvalue weighted by Gasteiger charge is 2.10. The van der Waals surface area contributed by atoms with Gasteiger partial charge in [-0.25, -0.2) is 0 Å². The van der Waals surface area contributed by atoms with Gasteiger partial charge in [0.15, 0.2) is 0 Å². The second-order valence-corrected chi connectivity index (χ2v) is 2.63. The molecular weight excluding hydrogens is 168 g/mol. The molecule has 4 nitrogen and oxygen atoms in total. The van der Waals surface area contributed by atoms with Gasteiger partial charge >= 0.3 is 5.97 Å². The number of hydrogen-bond acceptors (Lipinski definition) is 2. The minimum atomic E-state index is -0.959. The monoisotopic (exact) mass is 179 g/mol. The van der Waals surface area contributed by atoms with E-state index in [-0.39, 0.29) is 6.15 Å². The predicted molar refractivity (Wildman–Crippen MR) is 47.9 cm³/mol. The van der Waals surface area contributed by atoms with Crippen molar-refractivity contribution in [1.29, 1.82) is 0 Å². The maximum atomic E-state index is 10.4. The Balaban J connectivity index is 0.00000144. The summed E-state index contributed by atoms with van der Waals surface area (Å²) in [5, 5.41) is 8.52. The van der Waals surface area contributed by atoms with Crippen molar-refractivity contribution >= 4 is 5.97 Å². The quantitative estimate of drug-likeness (QED) is 0.692. The molecule has 0 aliphatic carbocycles. The van der Waals surface area contributed by atoms with E-state index in [0.29, 0.717) is 6.42 Å². The van der Waals surface area contributed by atoms with Gasteiger partial charge in [0.05, 0.1) is 0 Å². The van der Waals surface area contributed by atoms with Crippen LogP contribution in [0.1, 0.15) is 5.56 Å². The SMILES string of the molecule is N[C@@H](Cc1ccccc1)C(=O)O.[N]. The Labute approximate surface area is 77.0 Å². The lowest BCUT2D eigenvalue weighted by Crippen LogP contribution is -2.32. The molecule has 0 aliphatic heterocycles. The van der Waals surface area contributed by atoms with Crippen molar-refractivity contribution in [1.82, 2.24) is 6.15 Å². The third-order valence-corrected chi connectivity index (χ3v) is 1.62. The summed E-state index contributed by atoms with van der Waals surface area (Å²) >= 11 is 0. The fraction of sp³-hybridized carbons (Fsp3) is 0.222. The smallest absolute Gasteiger partial charge is 0.320 e. The molecule has 4 heteroatoms. The van der Waals surface area contributed by atoms with E-state index in [1.54, 1.807) is 0 Å². The van der Waals surface area contributed by atoms with Crippen molar-refractivity contribution in [2.45, 2.75) is 12.5 Å². The summed E-state index contributed by atoms with van der Waals surface area (Å²) in [5.41, 5.74) is 6.30. The molecule has 0 fully saturated rings. The van der Waals surface area contributed by atoms with Crippen molar-refractivity contribution in [2.75, 3.05) is 0 Å². The van der Waals surface area contributed by atoms with Crippen LogP contribution in [0.25, 0.3) is 0 Å². The Hall–Kier alpha value is -1.39. The fourth-order valence-corrected chi connectivity index (χ4v) is 0.955. The molecule has 1 aromatic rings. The van der Waals surface area contributed by atoms with Crippen LogP contribution in [-0.4, -0.2) is 17.1 Å². The van der Waals surface area contributed by atoms with Crippen molar-refractivity contribution in [3.05, 3.63) is 35.9 Å². The molecule has 69 valence electrons. The molecule has 0 heterocycles. The van der Waals surface area contributed by atoms with E-state index in [9.17, 15) is 4.79 Å². The van der Waals surface area contributed by atoms with Crippen molar-refractivity contribution < 1.29 is 9.90 Å². The highest BCUT2D eigenvalue weighted by atomic mass is 16.4. The van der Waals surface area contributed by atoms with E-state index in [2.05, 4.69) is 0 Å². The summed E-state index contributed by atoms with van der Waals surface area (Å²) in [6.45, 7) is 0. The van der Waals surface area contributed by atoms with Gasteiger partial charge in [-0.3, -0.25) is 4.79 Å². The molecule has 0 aromatic heterocycles. The first-order chi connectivity index (χ1) is 5.70. The van der Waals surface area contributed by atoms with E-state index in [0.717, 1.165) is 5.56 Å². The normalized spacial score (nSPS) is 11.5. The number of hydrogen-bond donors (Lipinski definition) is 2. The molecule has 0 aliphatic rings. The first kappa shape index (κ1) is 11.6. The zero-order valence-electron chi connectivity index (χ0n) is 7.05. The lowest BCUT2D eigenvalue weighted by atomic mass is 10.1. The molecule has 0 bridgehead atoms. The zero-order chi connectivity index (χ0) is 8.97. The molecule has 1 aromatic carbocycles. The molecule has 1 atom stereocenters. The van der Waals surface area contributed by atoms with Gasteiger partial charge in [-0.1, -0.05) is 30.3 Å². The molecule has 1 rings (SSSR count). The third kappa shape index (κ3) is 3.68. The van der Waals surface area contributed by atoms with Crippen molar-refractivity contribution in [3.8, 4) is 0 Å².